The third kappa shape index (κ3) is 2.69. The summed E-state index contributed by atoms with van der Waals surface area (Å²) in [7, 11) is 2.11. The number of nitrogens with zero attached hydrogens (tertiary/aromatic N) is 2. The molecule has 1 aromatic rings. The van der Waals surface area contributed by atoms with Crippen LogP contribution in [0.1, 0.15) is 18.4 Å². The van der Waals surface area contributed by atoms with E-state index in [2.05, 4.69) is 35.2 Å². The Kier molecular flexibility index (Phi) is 3.21. The van der Waals surface area contributed by atoms with Gasteiger partial charge in [0.05, 0.1) is 0 Å². The second-order valence-electron chi connectivity index (χ2n) is 4.37. The van der Waals surface area contributed by atoms with Crippen LogP contribution in [-0.2, 0) is 0 Å². The normalized spacial score (nSPS) is 20.5. The molecule has 1 saturated heterocycles. The first-order chi connectivity index (χ1) is 7.25. The van der Waals surface area contributed by atoms with Crippen LogP contribution in [0.4, 0.5) is 5.82 Å². The molecule has 1 aliphatic rings. The molecule has 0 bridgehead atoms. The Bertz CT molecular complexity index is 318. The van der Waals surface area contributed by atoms with E-state index in [-0.39, 0.29) is 0 Å². The third-order valence-electron chi connectivity index (χ3n) is 2.95. The maximum Gasteiger partial charge on any atom is 0.128 e. The van der Waals surface area contributed by atoms with Crippen LogP contribution in [0.15, 0.2) is 18.3 Å². The molecule has 0 unspecified atom stereocenters. The molecule has 3 nitrogen and oxygen atoms in total. The molecule has 3 heteroatoms. The van der Waals surface area contributed by atoms with E-state index in [0.717, 1.165) is 12.4 Å². The van der Waals surface area contributed by atoms with E-state index in [0.29, 0.717) is 6.04 Å². The number of pyridine rings is 1. The Morgan fingerprint density at radius 2 is 2.47 bits per heavy atom. The number of anilines is 1. The maximum atomic E-state index is 4.38. The zero-order chi connectivity index (χ0) is 10.7. The van der Waals surface area contributed by atoms with Crippen molar-refractivity contribution in [3.05, 3.63) is 23.9 Å². The van der Waals surface area contributed by atoms with Crippen LogP contribution in [0.25, 0.3) is 0 Å². The highest BCUT2D eigenvalue weighted by Crippen LogP contribution is 2.13. The van der Waals surface area contributed by atoms with Crippen LogP contribution < -0.4 is 10.2 Å². The predicted octanol–water partition coefficient (Wildman–Crippen LogP) is 1.58. The number of aryl methyl sites for hydroxylation is 1. The van der Waals surface area contributed by atoms with Crippen LogP contribution in [0, 0.1) is 6.92 Å². The van der Waals surface area contributed by atoms with Crippen LogP contribution in [0.3, 0.4) is 0 Å². The summed E-state index contributed by atoms with van der Waals surface area (Å²) in [5, 5.41) is 3.50. The van der Waals surface area contributed by atoms with E-state index >= 15 is 0 Å². The monoisotopic (exact) mass is 205 g/mol. The average Bonchev–Trinajstić information content (AvgIpc) is 2.70. The van der Waals surface area contributed by atoms with Crippen molar-refractivity contribution in [2.45, 2.75) is 25.8 Å². The molecular weight excluding hydrogens is 186 g/mol. The van der Waals surface area contributed by atoms with Gasteiger partial charge in [0, 0.05) is 25.8 Å². The molecule has 0 spiro atoms. The summed E-state index contributed by atoms with van der Waals surface area (Å²) in [5.41, 5.74) is 1.27. The Morgan fingerprint density at radius 3 is 3.13 bits per heavy atom. The van der Waals surface area contributed by atoms with Gasteiger partial charge in [0.2, 0.25) is 0 Å². The van der Waals surface area contributed by atoms with Gasteiger partial charge in [-0.25, -0.2) is 4.98 Å². The van der Waals surface area contributed by atoms with Gasteiger partial charge >= 0.3 is 0 Å². The number of likely N-dealkylation sites (N-methyl/N-ethyl adjacent to an activating group) is 1. The topological polar surface area (TPSA) is 28.2 Å². The molecule has 1 fully saturated rings. The highest BCUT2D eigenvalue weighted by Gasteiger charge is 2.16. The van der Waals surface area contributed by atoms with Crippen molar-refractivity contribution in [2.24, 2.45) is 0 Å². The first-order valence-corrected chi connectivity index (χ1v) is 5.63. The van der Waals surface area contributed by atoms with Crippen molar-refractivity contribution in [2.75, 3.05) is 25.0 Å². The number of hydrogen-bond donors (Lipinski definition) is 1. The lowest BCUT2D eigenvalue weighted by atomic mass is 10.2. The van der Waals surface area contributed by atoms with Gasteiger partial charge in [-0.3, -0.25) is 0 Å². The SMILES string of the molecule is Cc1ccnc(N(C)C[C@H]2CCCN2)c1. The van der Waals surface area contributed by atoms with Crippen LogP contribution in [-0.4, -0.2) is 31.2 Å². The molecule has 0 amide bonds. The van der Waals surface area contributed by atoms with Crippen molar-refractivity contribution in [3.8, 4) is 0 Å². The van der Waals surface area contributed by atoms with Gasteiger partial charge in [-0.05, 0) is 44.0 Å². The standard InChI is InChI=1S/C12H19N3/c1-10-5-7-14-12(8-10)15(2)9-11-4-3-6-13-11/h5,7-8,11,13H,3-4,6,9H2,1-2H3/t11-/m1/s1. The number of rotatable bonds is 3. The van der Waals surface area contributed by atoms with E-state index in [4.69, 9.17) is 0 Å². The van der Waals surface area contributed by atoms with Crippen LogP contribution in [0.5, 0.6) is 0 Å². The fourth-order valence-electron chi connectivity index (χ4n) is 2.07. The van der Waals surface area contributed by atoms with Gasteiger partial charge in [0.15, 0.2) is 0 Å². The maximum absolute atomic E-state index is 4.38. The lowest BCUT2D eigenvalue weighted by molar-refractivity contribution is 0.597. The highest BCUT2D eigenvalue weighted by atomic mass is 15.2. The van der Waals surface area contributed by atoms with Crippen LogP contribution >= 0.6 is 0 Å². The van der Waals surface area contributed by atoms with Gasteiger partial charge in [-0.2, -0.15) is 0 Å². The van der Waals surface area contributed by atoms with E-state index in [9.17, 15) is 0 Å². The quantitative estimate of drug-likeness (QED) is 0.812. The van der Waals surface area contributed by atoms with Crippen molar-refractivity contribution in [3.63, 3.8) is 0 Å². The summed E-state index contributed by atoms with van der Waals surface area (Å²) in [6.07, 6.45) is 4.47. The van der Waals surface area contributed by atoms with E-state index in [1.54, 1.807) is 0 Å². The molecule has 1 aromatic heterocycles. The van der Waals surface area contributed by atoms with Crippen LogP contribution in [0.2, 0.25) is 0 Å². The number of hydrogen-bond acceptors (Lipinski definition) is 3. The van der Waals surface area contributed by atoms with E-state index in [1.807, 2.05) is 12.3 Å². The molecule has 82 valence electrons. The zero-order valence-corrected chi connectivity index (χ0v) is 9.53. The summed E-state index contributed by atoms with van der Waals surface area (Å²) >= 11 is 0. The van der Waals surface area contributed by atoms with Crippen molar-refractivity contribution < 1.29 is 0 Å². The van der Waals surface area contributed by atoms with Crippen molar-refractivity contribution in [1.82, 2.24) is 10.3 Å². The summed E-state index contributed by atoms with van der Waals surface area (Å²) in [5.74, 6) is 1.07. The highest BCUT2D eigenvalue weighted by molar-refractivity contribution is 5.39. The summed E-state index contributed by atoms with van der Waals surface area (Å²) in [6, 6.07) is 4.80. The second-order valence-corrected chi connectivity index (χ2v) is 4.37. The van der Waals surface area contributed by atoms with Gasteiger partial charge in [0.1, 0.15) is 5.82 Å². The third-order valence-corrected chi connectivity index (χ3v) is 2.95. The minimum Gasteiger partial charge on any atom is -0.358 e. The molecular formula is C12H19N3. The predicted molar refractivity (Wildman–Crippen MR) is 63.3 cm³/mol. The summed E-state index contributed by atoms with van der Waals surface area (Å²) < 4.78 is 0. The minimum absolute atomic E-state index is 0.636. The lowest BCUT2D eigenvalue weighted by Gasteiger charge is -2.22. The Balaban J connectivity index is 1.97. The molecule has 0 radical (unpaired) electrons. The number of nitrogens with one attached hydrogen (secondary N) is 1. The largest absolute Gasteiger partial charge is 0.358 e. The summed E-state index contributed by atoms with van der Waals surface area (Å²) in [6.45, 7) is 4.32. The average molecular weight is 205 g/mol. The molecule has 0 aliphatic carbocycles. The first-order valence-electron chi connectivity index (χ1n) is 5.63. The van der Waals surface area contributed by atoms with Gasteiger partial charge in [0.25, 0.3) is 0 Å². The van der Waals surface area contributed by atoms with Crippen molar-refractivity contribution >= 4 is 5.82 Å². The molecule has 2 rings (SSSR count). The fraction of sp³-hybridized carbons (Fsp3) is 0.583. The Hall–Kier alpha value is -1.09. The smallest absolute Gasteiger partial charge is 0.128 e. The summed E-state index contributed by atoms with van der Waals surface area (Å²) in [4.78, 5) is 6.61. The molecule has 15 heavy (non-hydrogen) atoms. The molecule has 0 saturated carbocycles. The second kappa shape index (κ2) is 4.62. The molecule has 1 aliphatic heterocycles. The first kappa shape index (κ1) is 10.4. The Morgan fingerprint density at radius 1 is 1.60 bits per heavy atom. The zero-order valence-electron chi connectivity index (χ0n) is 9.53. The Labute approximate surface area is 91.5 Å². The molecule has 0 aromatic carbocycles. The minimum atomic E-state index is 0.636. The van der Waals surface area contributed by atoms with E-state index < -0.39 is 0 Å². The number of aromatic nitrogens is 1. The van der Waals surface area contributed by atoms with Gasteiger partial charge in [-0.15, -0.1) is 0 Å². The molecule has 1 N–H and O–H groups in total. The van der Waals surface area contributed by atoms with E-state index in [1.165, 1.54) is 24.9 Å². The molecule has 1 atom stereocenters. The lowest BCUT2D eigenvalue weighted by Crippen LogP contribution is -2.35. The fourth-order valence-corrected chi connectivity index (χ4v) is 2.07. The van der Waals surface area contributed by atoms with Crippen molar-refractivity contribution in [1.29, 1.82) is 0 Å². The van der Waals surface area contributed by atoms with Gasteiger partial charge in [-0.1, -0.05) is 0 Å². The molecule has 2 heterocycles. The van der Waals surface area contributed by atoms with Gasteiger partial charge < -0.3 is 10.2 Å².